The number of nitrogens with zero attached hydrogens (tertiary/aromatic N) is 6. The minimum absolute atomic E-state index is 0.105. The summed E-state index contributed by atoms with van der Waals surface area (Å²) in [6.07, 6.45) is 4.73. The zero-order valence-electron chi connectivity index (χ0n) is 31.4. The van der Waals surface area contributed by atoms with Crippen molar-refractivity contribution in [1.29, 1.82) is 0 Å². The molecule has 0 spiro atoms. The van der Waals surface area contributed by atoms with Gasteiger partial charge in [-0.15, -0.1) is 0 Å². The molecule has 15 heteroatoms. The number of esters is 1. The lowest BCUT2D eigenvalue weighted by Crippen LogP contribution is -2.49. The van der Waals surface area contributed by atoms with Gasteiger partial charge >= 0.3 is 5.97 Å². The number of likely N-dealkylation sites (tertiary alicyclic amines) is 1. The topological polar surface area (TPSA) is 162 Å². The maximum atomic E-state index is 13.7. The first kappa shape index (κ1) is 40.9. The average molecular weight is 775 g/mol. The lowest BCUT2D eigenvalue weighted by molar-refractivity contribution is -0.145. The van der Waals surface area contributed by atoms with E-state index in [1.165, 1.54) is 41.2 Å². The Bertz CT molecular complexity index is 1980. The number of nitrogen functional groups attached to an aromatic ring is 1. The molecule has 0 radical (unpaired) electrons. The highest BCUT2D eigenvalue weighted by Crippen LogP contribution is 2.32. The van der Waals surface area contributed by atoms with Crippen molar-refractivity contribution < 1.29 is 28.2 Å². The highest BCUT2D eigenvalue weighted by Gasteiger charge is 2.42. The molecule has 2 aliphatic heterocycles. The average Bonchev–Trinajstić information content (AvgIpc) is 3.86. The quantitative estimate of drug-likeness (QED) is 0.118. The molecule has 4 aromatic rings. The van der Waals surface area contributed by atoms with Crippen molar-refractivity contribution in [3.63, 3.8) is 0 Å². The smallest absolute Gasteiger partial charge is 0.328 e. The third-order valence-electron chi connectivity index (χ3n) is 9.42. The molecule has 0 bridgehead atoms. The second-order valence-corrected chi connectivity index (χ2v) is 13.3. The molecule has 3 aromatic carbocycles. The summed E-state index contributed by atoms with van der Waals surface area (Å²) >= 11 is 6.20. The summed E-state index contributed by atoms with van der Waals surface area (Å²) < 4.78 is 26.4. The van der Waals surface area contributed by atoms with Crippen molar-refractivity contribution in [3.05, 3.63) is 95.0 Å². The predicted molar refractivity (Wildman–Crippen MR) is 211 cm³/mol. The highest BCUT2D eigenvalue weighted by molar-refractivity contribution is 6.32. The van der Waals surface area contributed by atoms with Gasteiger partial charge in [0, 0.05) is 75.8 Å². The number of aromatic nitrogens is 2. The van der Waals surface area contributed by atoms with Crippen LogP contribution in [0.1, 0.15) is 42.6 Å². The summed E-state index contributed by atoms with van der Waals surface area (Å²) in [6.45, 7) is 8.80. The number of halogens is 2. The standard InChI is InChI=1S/C38H42ClFN8O5.C2H6/c1-52-38(51)35-20-29(24-47(35)37(50)26-21-44-48(23-26)34-9-8-27(40)19-32(34)39)53-28-5-2-4-25(18-28)30-6-3-7-33(42)31(30)22-43-12-13-45-14-16-46(17-15-45)36(49)10-11-41;1-2/h2-9,18-19,21-23,29,35H,10-17,20,24,41-42H2,1H3;1-2H3. The highest BCUT2D eigenvalue weighted by atomic mass is 35.5. The van der Waals surface area contributed by atoms with Gasteiger partial charge in [-0.3, -0.25) is 19.5 Å². The van der Waals surface area contributed by atoms with E-state index in [0.29, 0.717) is 49.7 Å². The van der Waals surface area contributed by atoms with Crippen LogP contribution in [0.2, 0.25) is 5.02 Å². The van der Waals surface area contributed by atoms with Crippen LogP contribution in [0.5, 0.6) is 5.75 Å². The second kappa shape index (κ2) is 19.3. The van der Waals surface area contributed by atoms with Gasteiger partial charge < -0.3 is 30.7 Å². The zero-order chi connectivity index (χ0) is 39.5. The van der Waals surface area contributed by atoms with Crippen molar-refractivity contribution >= 4 is 41.3 Å². The first-order valence-electron chi connectivity index (χ1n) is 18.4. The number of carbonyl (C=O) groups is 3. The molecule has 2 fully saturated rings. The normalized spacial score (nSPS) is 17.2. The molecule has 2 atom stereocenters. The number of methoxy groups -OCH3 is 1. The van der Waals surface area contributed by atoms with Gasteiger partial charge in [0.25, 0.3) is 5.91 Å². The number of piperazine rings is 1. The van der Waals surface area contributed by atoms with Crippen molar-refractivity contribution in [3.8, 4) is 22.6 Å². The van der Waals surface area contributed by atoms with E-state index in [-0.39, 0.29) is 29.5 Å². The Morgan fingerprint density at radius 1 is 1.05 bits per heavy atom. The van der Waals surface area contributed by atoms with Gasteiger partial charge in [-0.2, -0.15) is 5.10 Å². The molecule has 2 unspecified atom stereocenters. The van der Waals surface area contributed by atoms with Gasteiger partial charge in [0.2, 0.25) is 5.91 Å². The van der Waals surface area contributed by atoms with Crippen LogP contribution in [0.15, 0.2) is 78.0 Å². The monoisotopic (exact) mass is 774 g/mol. The van der Waals surface area contributed by atoms with Gasteiger partial charge in [0.1, 0.15) is 23.7 Å². The molecule has 13 nitrogen and oxygen atoms in total. The van der Waals surface area contributed by atoms with Crippen LogP contribution in [0.3, 0.4) is 0 Å². The number of benzene rings is 3. The van der Waals surface area contributed by atoms with E-state index in [2.05, 4.69) is 10.00 Å². The van der Waals surface area contributed by atoms with Gasteiger partial charge in [-0.05, 0) is 47.5 Å². The molecule has 4 N–H and O–H groups in total. The summed E-state index contributed by atoms with van der Waals surface area (Å²) in [7, 11) is 1.28. The Labute approximate surface area is 325 Å². The minimum Gasteiger partial charge on any atom is -0.488 e. The molecule has 0 aliphatic carbocycles. The number of carbonyl (C=O) groups excluding carboxylic acids is 3. The molecule has 1 aromatic heterocycles. The number of ether oxygens (including phenoxy) is 2. The second-order valence-electron chi connectivity index (χ2n) is 12.9. The molecule has 2 amide bonds. The van der Waals surface area contributed by atoms with Crippen LogP contribution in [-0.4, -0.2) is 120 Å². The Morgan fingerprint density at radius 2 is 1.82 bits per heavy atom. The van der Waals surface area contributed by atoms with Crippen molar-refractivity contribution in [2.75, 3.05) is 65.2 Å². The summed E-state index contributed by atoms with van der Waals surface area (Å²) in [6, 6.07) is 16.2. The SMILES string of the molecule is CC.COC(=O)C1CC(Oc2cccc(-c3cccc(N)c3C=NCCN3CCN(C(=O)CCN)CC3)c2)CN1C(=O)c1cnn(-c2ccc(F)cc2Cl)c1. The van der Waals surface area contributed by atoms with Crippen molar-refractivity contribution in [1.82, 2.24) is 24.5 Å². The third kappa shape index (κ3) is 10.1. The van der Waals surface area contributed by atoms with E-state index >= 15 is 0 Å². The molecule has 55 heavy (non-hydrogen) atoms. The zero-order valence-corrected chi connectivity index (χ0v) is 32.1. The Morgan fingerprint density at radius 3 is 2.55 bits per heavy atom. The van der Waals surface area contributed by atoms with E-state index in [0.717, 1.165) is 42.4 Å². The van der Waals surface area contributed by atoms with E-state index in [9.17, 15) is 18.8 Å². The fourth-order valence-corrected chi connectivity index (χ4v) is 6.88. The van der Waals surface area contributed by atoms with Crippen LogP contribution < -0.4 is 16.2 Å². The first-order chi connectivity index (χ1) is 26.6. The summed E-state index contributed by atoms with van der Waals surface area (Å²) in [5.74, 6) is -0.831. The number of rotatable bonds is 12. The van der Waals surface area contributed by atoms with E-state index < -0.39 is 29.8 Å². The molecular weight excluding hydrogens is 727 g/mol. The minimum atomic E-state index is -0.877. The molecule has 0 saturated carbocycles. The molecule has 2 saturated heterocycles. The molecule has 292 valence electrons. The van der Waals surface area contributed by atoms with Crippen molar-refractivity contribution in [2.24, 2.45) is 10.7 Å². The lowest BCUT2D eigenvalue weighted by Gasteiger charge is -2.34. The third-order valence-corrected chi connectivity index (χ3v) is 9.72. The fourth-order valence-electron chi connectivity index (χ4n) is 6.63. The van der Waals surface area contributed by atoms with E-state index in [1.54, 1.807) is 6.21 Å². The van der Waals surface area contributed by atoms with E-state index in [1.807, 2.05) is 61.2 Å². The summed E-state index contributed by atoms with van der Waals surface area (Å²) in [5.41, 5.74) is 15.7. The summed E-state index contributed by atoms with van der Waals surface area (Å²) in [4.78, 5) is 48.9. The van der Waals surface area contributed by atoms with Crippen LogP contribution in [0, 0.1) is 5.82 Å². The Hall–Kier alpha value is -5.31. The van der Waals surface area contributed by atoms with Gasteiger partial charge in [-0.1, -0.05) is 49.7 Å². The molecule has 6 rings (SSSR count). The van der Waals surface area contributed by atoms with Gasteiger partial charge in [-0.25, -0.2) is 13.9 Å². The van der Waals surface area contributed by atoms with Crippen LogP contribution in [0.25, 0.3) is 16.8 Å². The van der Waals surface area contributed by atoms with Crippen LogP contribution in [-0.2, 0) is 14.3 Å². The Kier molecular flexibility index (Phi) is 14.4. The molecule has 3 heterocycles. The molecular formula is C40H48ClFN8O5. The predicted octanol–water partition coefficient (Wildman–Crippen LogP) is 4.69. The van der Waals surface area contributed by atoms with E-state index in [4.69, 9.17) is 37.5 Å². The first-order valence-corrected chi connectivity index (χ1v) is 18.8. The maximum Gasteiger partial charge on any atom is 0.328 e. The maximum absolute atomic E-state index is 13.7. The number of hydrogen-bond donors (Lipinski definition) is 2. The number of nitrogens with two attached hydrogens (primary N) is 2. The number of amides is 2. The van der Waals surface area contributed by atoms with Crippen LogP contribution >= 0.6 is 11.6 Å². The summed E-state index contributed by atoms with van der Waals surface area (Å²) in [5, 5.41) is 4.37. The van der Waals surface area contributed by atoms with Crippen molar-refractivity contribution in [2.45, 2.75) is 38.8 Å². The Balaban J connectivity index is 0.00000285. The number of aliphatic imine (C=N–C) groups is 1. The van der Waals surface area contributed by atoms with Gasteiger partial charge in [0.15, 0.2) is 0 Å². The van der Waals surface area contributed by atoms with Crippen LogP contribution in [0.4, 0.5) is 10.1 Å². The largest absolute Gasteiger partial charge is 0.488 e. The number of anilines is 1. The lowest BCUT2D eigenvalue weighted by atomic mass is 9.98. The fraction of sp³-hybridized carbons (Fsp3) is 0.375. The number of hydrogen-bond acceptors (Lipinski definition) is 10. The molecule has 2 aliphatic rings. The van der Waals surface area contributed by atoms with Gasteiger partial charge in [0.05, 0.1) is 42.7 Å².